The number of hydrogen-bond donors (Lipinski definition) is 1. The maximum Gasteiger partial charge on any atom is 0.310 e. The van der Waals surface area contributed by atoms with E-state index in [2.05, 4.69) is 5.32 Å². The summed E-state index contributed by atoms with van der Waals surface area (Å²) in [5, 5.41) is 2.81. The van der Waals surface area contributed by atoms with E-state index >= 15 is 0 Å². The lowest BCUT2D eigenvalue weighted by Gasteiger charge is -2.33. The molecule has 8 nitrogen and oxygen atoms in total. The SMILES string of the molecule is CCOC(=O)C1CCCN(C(=O)CN(C)C(=O)C(NC(=O)c2ccc(C)cc2)C(C)C)C1. The molecule has 2 atom stereocenters. The Morgan fingerprint density at radius 3 is 2.44 bits per heavy atom. The van der Waals surface area contributed by atoms with Gasteiger partial charge in [-0.3, -0.25) is 19.2 Å². The van der Waals surface area contributed by atoms with E-state index in [4.69, 9.17) is 4.74 Å². The summed E-state index contributed by atoms with van der Waals surface area (Å²) >= 11 is 0. The number of benzene rings is 1. The number of likely N-dealkylation sites (tertiary alicyclic amines) is 1. The molecule has 1 aromatic rings. The van der Waals surface area contributed by atoms with E-state index in [1.807, 2.05) is 32.9 Å². The highest BCUT2D eigenvalue weighted by Crippen LogP contribution is 2.18. The third-order valence-electron chi connectivity index (χ3n) is 5.68. The molecule has 0 radical (unpaired) electrons. The van der Waals surface area contributed by atoms with Crippen molar-refractivity contribution in [3.63, 3.8) is 0 Å². The predicted octanol–water partition coefficient (Wildman–Crippen LogP) is 2.01. The van der Waals surface area contributed by atoms with E-state index in [0.717, 1.165) is 5.56 Å². The third-order valence-corrected chi connectivity index (χ3v) is 5.68. The zero-order valence-corrected chi connectivity index (χ0v) is 19.7. The van der Waals surface area contributed by atoms with Gasteiger partial charge in [0.25, 0.3) is 5.91 Å². The molecule has 2 unspecified atom stereocenters. The summed E-state index contributed by atoms with van der Waals surface area (Å²) in [7, 11) is 1.56. The number of aryl methyl sites for hydroxylation is 1. The Morgan fingerprint density at radius 2 is 1.84 bits per heavy atom. The standard InChI is InChI=1S/C24H35N3O5/c1-6-32-24(31)19-8-7-13-27(14-19)20(28)15-26(5)23(30)21(16(2)3)25-22(29)18-11-9-17(4)10-12-18/h9-12,16,19,21H,6-8,13-15H2,1-5H3,(H,25,29). The Bertz CT molecular complexity index is 821. The van der Waals surface area contributed by atoms with Crippen molar-refractivity contribution >= 4 is 23.7 Å². The molecule has 3 amide bonds. The Morgan fingerprint density at radius 1 is 1.19 bits per heavy atom. The van der Waals surface area contributed by atoms with Crippen LogP contribution in [0.2, 0.25) is 0 Å². The highest BCUT2D eigenvalue weighted by molar-refractivity contribution is 5.98. The molecule has 2 rings (SSSR count). The molecule has 176 valence electrons. The van der Waals surface area contributed by atoms with Crippen LogP contribution < -0.4 is 5.32 Å². The van der Waals surface area contributed by atoms with Crippen molar-refractivity contribution in [3.05, 3.63) is 35.4 Å². The number of esters is 1. The van der Waals surface area contributed by atoms with Gasteiger partial charge in [-0.15, -0.1) is 0 Å². The average molecular weight is 446 g/mol. The topological polar surface area (TPSA) is 96.0 Å². The van der Waals surface area contributed by atoms with E-state index in [0.29, 0.717) is 38.1 Å². The minimum absolute atomic E-state index is 0.113. The van der Waals surface area contributed by atoms with Gasteiger partial charge in [-0.05, 0) is 44.7 Å². The van der Waals surface area contributed by atoms with Gasteiger partial charge in [0, 0.05) is 25.7 Å². The first-order chi connectivity index (χ1) is 15.1. The first-order valence-electron chi connectivity index (χ1n) is 11.2. The lowest BCUT2D eigenvalue weighted by Crippen LogP contribution is -2.53. The van der Waals surface area contributed by atoms with Crippen LogP contribution in [0, 0.1) is 18.8 Å². The average Bonchev–Trinajstić information content (AvgIpc) is 2.77. The van der Waals surface area contributed by atoms with E-state index in [-0.39, 0.29) is 42.1 Å². The van der Waals surface area contributed by atoms with Crippen molar-refractivity contribution < 1.29 is 23.9 Å². The highest BCUT2D eigenvalue weighted by Gasteiger charge is 2.32. The largest absolute Gasteiger partial charge is 0.466 e. The van der Waals surface area contributed by atoms with Crippen LogP contribution in [0.1, 0.15) is 49.5 Å². The molecular weight excluding hydrogens is 410 g/mol. The fraction of sp³-hybridized carbons (Fsp3) is 0.583. The first kappa shape index (κ1) is 25.4. The molecule has 1 N–H and O–H groups in total. The number of hydrogen-bond acceptors (Lipinski definition) is 5. The van der Waals surface area contributed by atoms with Gasteiger partial charge in [0.2, 0.25) is 11.8 Å². The van der Waals surface area contributed by atoms with Crippen molar-refractivity contribution in [1.29, 1.82) is 0 Å². The van der Waals surface area contributed by atoms with Gasteiger partial charge in [-0.2, -0.15) is 0 Å². The molecule has 32 heavy (non-hydrogen) atoms. The minimum Gasteiger partial charge on any atom is -0.466 e. The van der Waals surface area contributed by atoms with Gasteiger partial charge in [0.1, 0.15) is 6.04 Å². The monoisotopic (exact) mass is 445 g/mol. The molecular formula is C24H35N3O5. The third kappa shape index (κ3) is 6.80. The summed E-state index contributed by atoms with van der Waals surface area (Å²) in [5.74, 6) is -1.64. The Balaban J connectivity index is 1.98. The zero-order valence-electron chi connectivity index (χ0n) is 19.7. The molecule has 1 saturated heterocycles. The van der Waals surface area contributed by atoms with Gasteiger partial charge < -0.3 is 19.9 Å². The number of carbonyl (C=O) groups is 4. The van der Waals surface area contributed by atoms with Crippen LogP contribution in [0.3, 0.4) is 0 Å². The second-order valence-corrected chi connectivity index (χ2v) is 8.69. The van der Waals surface area contributed by atoms with E-state index in [9.17, 15) is 19.2 Å². The van der Waals surface area contributed by atoms with Crippen molar-refractivity contribution in [1.82, 2.24) is 15.1 Å². The van der Waals surface area contributed by atoms with E-state index in [1.54, 1.807) is 31.0 Å². The van der Waals surface area contributed by atoms with E-state index < -0.39 is 6.04 Å². The summed E-state index contributed by atoms with van der Waals surface area (Å²) in [6.45, 7) is 8.44. The molecule has 0 aliphatic carbocycles. The quantitative estimate of drug-likeness (QED) is 0.618. The number of piperidine rings is 1. The van der Waals surface area contributed by atoms with Gasteiger partial charge in [-0.1, -0.05) is 31.5 Å². The number of carbonyl (C=O) groups excluding carboxylic acids is 4. The fourth-order valence-electron chi connectivity index (χ4n) is 3.72. The van der Waals surface area contributed by atoms with Crippen LogP contribution in [-0.2, 0) is 19.1 Å². The summed E-state index contributed by atoms with van der Waals surface area (Å²) < 4.78 is 5.08. The highest BCUT2D eigenvalue weighted by atomic mass is 16.5. The Hall–Kier alpha value is -2.90. The number of amides is 3. The molecule has 0 saturated carbocycles. The molecule has 1 fully saturated rings. The van der Waals surface area contributed by atoms with Gasteiger partial charge in [-0.25, -0.2) is 0 Å². The summed E-state index contributed by atoms with van der Waals surface area (Å²) in [6.07, 6.45) is 1.41. The van der Waals surface area contributed by atoms with Crippen molar-refractivity contribution in [2.24, 2.45) is 11.8 Å². The molecule has 1 aromatic carbocycles. The normalized spacial score (nSPS) is 16.9. The maximum absolute atomic E-state index is 13.0. The second kappa shape index (κ2) is 11.6. The smallest absolute Gasteiger partial charge is 0.310 e. The predicted molar refractivity (Wildman–Crippen MR) is 121 cm³/mol. The van der Waals surface area contributed by atoms with Gasteiger partial charge >= 0.3 is 5.97 Å². The maximum atomic E-state index is 13.0. The minimum atomic E-state index is -0.754. The van der Waals surface area contributed by atoms with Crippen LogP contribution in [0.25, 0.3) is 0 Å². The number of ether oxygens (including phenoxy) is 1. The molecule has 0 aromatic heterocycles. The van der Waals surface area contributed by atoms with E-state index in [1.165, 1.54) is 4.90 Å². The number of likely N-dealkylation sites (N-methyl/N-ethyl adjacent to an activating group) is 1. The van der Waals surface area contributed by atoms with Gasteiger partial charge in [0.15, 0.2) is 0 Å². The molecule has 0 bridgehead atoms. The molecule has 1 aliphatic rings. The van der Waals surface area contributed by atoms with Crippen LogP contribution in [0.5, 0.6) is 0 Å². The van der Waals surface area contributed by atoms with Gasteiger partial charge in [0.05, 0.1) is 19.1 Å². The Labute approximate surface area is 190 Å². The summed E-state index contributed by atoms with van der Waals surface area (Å²) in [6, 6.07) is 6.36. The van der Waals surface area contributed by atoms with Crippen molar-refractivity contribution in [3.8, 4) is 0 Å². The molecule has 1 heterocycles. The number of nitrogens with zero attached hydrogens (tertiary/aromatic N) is 2. The summed E-state index contributed by atoms with van der Waals surface area (Å²) in [5.41, 5.74) is 1.52. The van der Waals surface area contributed by atoms with Crippen LogP contribution in [0.4, 0.5) is 0 Å². The first-order valence-corrected chi connectivity index (χ1v) is 11.2. The van der Waals surface area contributed by atoms with Crippen LogP contribution in [0.15, 0.2) is 24.3 Å². The lowest BCUT2D eigenvalue weighted by molar-refractivity contribution is -0.152. The zero-order chi connectivity index (χ0) is 23.8. The van der Waals surface area contributed by atoms with Crippen molar-refractivity contribution in [2.75, 3.05) is 33.3 Å². The Kier molecular flexibility index (Phi) is 9.23. The summed E-state index contributed by atoms with van der Waals surface area (Å²) in [4.78, 5) is 53.5. The number of rotatable bonds is 8. The lowest BCUT2D eigenvalue weighted by atomic mass is 9.98. The van der Waals surface area contributed by atoms with Crippen molar-refractivity contribution in [2.45, 2.75) is 46.6 Å². The number of nitrogens with one attached hydrogen (secondary N) is 1. The fourth-order valence-corrected chi connectivity index (χ4v) is 3.72. The second-order valence-electron chi connectivity index (χ2n) is 8.69. The van der Waals surface area contributed by atoms with Crippen LogP contribution >= 0.6 is 0 Å². The molecule has 1 aliphatic heterocycles. The van der Waals surface area contributed by atoms with Crippen LogP contribution in [-0.4, -0.2) is 72.8 Å². The molecule has 8 heteroatoms. The molecule has 0 spiro atoms.